The average Bonchev–Trinajstić information content (AvgIpc) is 2.80. The topological polar surface area (TPSA) is 79.8 Å². The number of fused-ring (bicyclic) bond motifs is 1. The van der Waals surface area contributed by atoms with Crippen molar-refractivity contribution in [3.8, 4) is 0 Å². The number of aromatic nitrogens is 3. The lowest BCUT2D eigenvalue weighted by Gasteiger charge is -2.13. The molecule has 1 atom stereocenters. The lowest BCUT2D eigenvalue weighted by Crippen LogP contribution is -2.14. The fourth-order valence-corrected chi connectivity index (χ4v) is 3.94. The Hall–Kier alpha value is -1.27. The zero-order chi connectivity index (χ0) is 16.3. The second kappa shape index (κ2) is 7.33. The van der Waals surface area contributed by atoms with E-state index >= 15 is 0 Å². The Kier molecular flexibility index (Phi) is 5.69. The Labute approximate surface area is 135 Å². The maximum absolute atomic E-state index is 11.9. The molecule has 0 saturated heterocycles. The van der Waals surface area contributed by atoms with Crippen molar-refractivity contribution in [2.24, 2.45) is 0 Å². The smallest absolute Gasteiger partial charge is 0.151 e. The lowest BCUT2D eigenvalue weighted by molar-refractivity contribution is 0.582. The molecule has 6 heteroatoms. The molecule has 2 rings (SSSR count). The maximum atomic E-state index is 11.9. The van der Waals surface area contributed by atoms with E-state index in [4.69, 9.17) is 5.73 Å². The standard InChI is InChI=1S/C16H26N4OS/c1-5-6-9-22(21)10-7-8-20-13(4)19-14-15(20)11(2)12(3)18-16(14)17/h5-10H2,1-4H3,(H2,17,18). The Morgan fingerprint density at radius 1 is 1.14 bits per heavy atom. The summed E-state index contributed by atoms with van der Waals surface area (Å²) in [4.78, 5) is 8.91. The van der Waals surface area contributed by atoms with E-state index in [-0.39, 0.29) is 0 Å². The third-order valence-electron chi connectivity index (χ3n) is 4.07. The Morgan fingerprint density at radius 2 is 1.82 bits per heavy atom. The van der Waals surface area contributed by atoms with Gasteiger partial charge in [-0.1, -0.05) is 24.5 Å². The van der Waals surface area contributed by atoms with Crippen LogP contribution in [0.25, 0.3) is 11.0 Å². The molecule has 2 aromatic heterocycles. The van der Waals surface area contributed by atoms with Crippen LogP contribution in [0.3, 0.4) is 0 Å². The highest BCUT2D eigenvalue weighted by Gasteiger charge is 2.16. The van der Waals surface area contributed by atoms with E-state index in [1.807, 2.05) is 13.8 Å². The van der Waals surface area contributed by atoms with Gasteiger partial charge in [0, 0.05) is 18.7 Å². The molecule has 0 amide bonds. The molecular weight excluding hydrogens is 296 g/mol. The number of nitrogens with zero attached hydrogens (tertiary/aromatic N) is 3. The van der Waals surface area contributed by atoms with Crippen LogP contribution in [0.15, 0.2) is 0 Å². The van der Waals surface area contributed by atoms with Crippen LogP contribution in [0.5, 0.6) is 0 Å². The normalized spacial score (nSPS) is 13.0. The van der Waals surface area contributed by atoms with E-state index in [1.165, 1.54) is 0 Å². The highest BCUT2D eigenvalue weighted by molar-refractivity contribution is 7.91. The number of hydrogen-bond donors (Lipinski definition) is 1. The molecule has 2 N–H and O–H groups in total. The zero-order valence-electron chi connectivity index (χ0n) is 14.0. The van der Waals surface area contributed by atoms with Gasteiger partial charge in [-0.05, 0) is 32.8 Å². The minimum absolute atomic E-state index is 0.492. The molecule has 22 heavy (non-hydrogen) atoms. The van der Waals surface area contributed by atoms with Gasteiger partial charge in [0.25, 0.3) is 0 Å². The third-order valence-corrected chi connectivity index (χ3v) is 5.55. The molecule has 0 aromatic carbocycles. The van der Waals surface area contributed by atoms with E-state index in [0.29, 0.717) is 5.82 Å². The molecule has 122 valence electrons. The van der Waals surface area contributed by atoms with E-state index < -0.39 is 11.2 Å². The number of rotatable bonds is 7. The Bertz CT molecular complexity index is 653. The number of anilines is 1. The molecule has 2 heterocycles. The first kappa shape index (κ1) is 17.1. The predicted molar refractivity (Wildman–Crippen MR) is 93.6 cm³/mol. The Morgan fingerprint density at radius 3 is 2.50 bits per heavy atom. The Balaban J connectivity index is 2.16. The highest BCUT2D eigenvalue weighted by atomic mass is 32.2. The molecule has 0 aliphatic rings. The summed E-state index contributed by atoms with van der Waals surface area (Å²) in [6.45, 7) is 8.96. The van der Waals surface area contributed by atoms with Crippen molar-refractivity contribution in [2.45, 2.75) is 53.5 Å². The van der Waals surface area contributed by atoms with Gasteiger partial charge in [0.15, 0.2) is 5.82 Å². The number of pyridine rings is 1. The summed E-state index contributed by atoms with van der Waals surface area (Å²) in [7, 11) is 0. The van der Waals surface area contributed by atoms with Crippen molar-refractivity contribution < 1.29 is 4.55 Å². The van der Waals surface area contributed by atoms with Gasteiger partial charge in [-0.15, -0.1) is 0 Å². The van der Waals surface area contributed by atoms with Gasteiger partial charge in [0.1, 0.15) is 22.8 Å². The van der Waals surface area contributed by atoms with Crippen LogP contribution >= 0.6 is 0 Å². The summed E-state index contributed by atoms with van der Waals surface area (Å²) in [6, 6.07) is 0. The van der Waals surface area contributed by atoms with Crippen molar-refractivity contribution in [2.75, 3.05) is 17.2 Å². The quantitative estimate of drug-likeness (QED) is 0.795. The fraction of sp³-hybridized carbons (Fsp3) is 0.625. The van der Waals surface area contributed by atoms with Crippen LogP contribution in [0.4, 0.5) is 5.82 Å². The predicted octanol–water partition coefficient (Wildman–Crippen LogP) is 2.88. The molecule has 0 bridgehead atoms. The van der Waals surface area contributed by atoms with Gasteiger partial charge in [-0.3, -0.25) is 0 Å². The molecule has 0 spiro atoms. The van der Waals surface area contributed by atoms with Gasteiger partial charge < -0.3 is 14.9 Å². The van der Waals surface area contributed by atoms with Crippen molar-refractivity contribution in [1.29, 1.82) is 0 Å². The molecule has 1 unspecified atom stereocenters. The SMILES string of the molecule is CCCC[S+]([O-])CCCn1c(C)nc2c(N)nc(C)c(C)c21. The van der Waals surface area contributed by atoms with Crippen molar-refractivity contribution in [3.63, 3.8) is 0 Å². The molecule has 0 radical (unpaired) electrons. The number of imidazole rings is 1. The first-order valence-electron chi connectivity index (χ1n) is 7.90. The number of unbranched alkanes of at least 4 members (excludes halogenated alkanes) is 1. The molecule has 0 aliphatic carbocycles. The number of hydrogen-bond acceptors (Lipinski definition) is 4. The fourth-order valence-electron chi connectivity index (χ4n) is 2.68. The molecule has 2 aromatic rings. The molecule has 0 aliphatic heterocycles. The van der Waals surface area contributed by atoms with Gasteiger partial charge in [-0.25, -0.2) is 9.97 Å². The summed E-state index contributed by atoms with van der Waals surface area (Å²) in [6.07, 6.45) is 3.03. The first-order chi connectivity index (χ1) is 10.5. The zero-order valence-corrected chi connectivity index (χ0v) is 14.8. The largest absolute Gasteiger partial charge is 0.616 e. The lowest BCUT2D eigenvalue weighted by atomic mass is 10.2. The minimum atomic E-state index is -0.707. The van der Waals surface area contributed by atoms with E-state index in [1.54, 1.807) is 0 Å². The van der Waals surface area contributed by atoms with Crippen molar-refractivity contribution >= 4 is 28.0 Å². The average molecular weight is 322 g/mol. The summed E-state index contributed by atoms with van der Waals surface area (Å²) >= 11 is -0.707. The number of nitrogen functional groups attached to an aromatic ring is 1. The summed E-state index contributed by atoms with van der Waals surface area (Å²) < 4.78 is 14.1. The number of nitrogens with two attached hydrogens (primary N) is 1. The van der Waals surface area contributed by atoms with Crippen LogP contribution in [0.2, 0.25) is 0 Å². The van der Waals surface area contributed by atoms with Crippen molar-refractivity contribution in [1.82, 2.24) is 14.5 Å². The van der Waals surface area contributed by atoms with Crippen LogP contribution in [-0.2, 0) is 17.7 Å². The molecule has 0 fully saturated rings. The second-order valence-electron chi connectivity index (χ2n) is 5.77. The molecular formula is C16H26N4OS. The van der Waals surface area contributed by atoms with Gasteiger partial charge in [0.05, 0.1) is 5.52 Å². The summed E-state index contributed by atoms with van der Waals surface area (Å²) in [5.41, 5.74) is 9.92. The van der Waals surface area contributed by atoms with Crippen LogP contribution in [-0.4, -0.2) is 30.6 Å². The van der Waals surface area contributed by atoms with E-state index in [9.17, 15) is 4.55 Å². The second-order valence-corrected chi connectivity index (χ2v) is 7.47. The third kappa shape index (κ3) is 3.55. The van der Waals surface area contributed by atoms with E-state index in [0.717, 1.165) is 65.4 Å². The van der Waals surface area contributed by atoms with Gasteiger partial charge in [0.2, 0.25) is 0 Å². The van der Waals surface area contributed by atoms with Crippen molar-refractivity contribution in [3.05, 3.63) is 17.1 Å². The van der Waals surface area contributed by atoms with Crippen LogP contribution in [0, 0.1) is 20.8 Å². The summed E-state index contributed by atoms with van der Waals surface area (Å²) in [5.74, 6) is 3.00. The monoisotopic (exact) mass is 322 g/mol. The maximum Gasteiger partial charge on any atom is 0.151 e. The number of aryl methyl sites for hydroxylation is 4. The van der Waals surface area contributed by atoms with Gasteiger partial charge in [-0.2, -0.15) is 0 Å². The molecule has 0 saturated carbocycles. The highest BCUT2D eigenvalue weighted by Crippen LogP contribution is 2.26. The van der Waals surface area contributed by atoms with Gasteiger partial charge >= 0.3 is 0 Å². The summed E-state index contributed by atoms with van der Waals surface area (Å²) in [5, 5.41) is 0. The van der Waals surface area contributed by atoms with Crippen LogP contribution < -0.4 is 5.73 Å². The minimum Gasteiger partial charge on any atom is -0.616 e. The first-order valence-corrected chi connectivity index (χ1v) is 9.39. The van der Waals surface area contributed by atoms with E-state index in [2.05, 4.69) is 28.4 Å². The molecule has 5 nitrogen and oxygen atoms in total. The van der Waals surface area contributed by atoms with Crippen LogP contribution in [0.1, 0.15) is 43.3 Å².